The largest absolute Gasteiger partial charge is 0.390 e. The van der Waals surface area contributed by atoms with Gasteiger partial charge in [-0.3, -0.25) is 0 Å². The summed E-state index contributed by atoms with van der Waals surface area (Å²) in [5.74, 6) is -0.0464. The van der Waals surface area contributed by atoms with Crippen molar-refractivity contribution in [2.75, 3.05) is 0 Å². The predicted molar refractivity (Wildman–Crippen MR) is 62.1 cm³/mol. The third-order valence-electron chi connectivity index (χ3n) is 3.46. The van der Waals surface area contributed by atoms with Gasteiger partial charge in [0.1, 0.15) is 0 Å². The zero-order chi connectivity index (χ0) is 12.0. The van der Waals surface area contributed by atoms with E-state index in [9.17, 15) is 5.11 Å². The SMILES string of the molecule is CC(C)(C)OC1(C)C[C@H]2CCC[C@H](O)[C@H]2O1. The standard InChI is InChI=1S/C13H24O3/c1-12(2,3)16-13(4)8-9-6-5-7-10(14)11(9)15-13/h9-11,14H,5-8H2,1-4H3/t9-,10+,11+,13?/m1/s1. The van der Waals surface area contributed by atoms with E-state index in [2.05, 4.69) is 0 Å². The van der Waals surface area contributed by atoms with Crippen molar-refractivity contribution < 1.29 is 14.6 Å². The summed E-state index contributed by atoms with van der Waals surface area (Å²) in [6.07, 6.45) is 3.73. The molecule has 1 unspecified atom stereocenters. The van der Waals surface area contributed by atoms with Crippen LogP contribution in [0.15, 0.2) is 0 Å². The molecule has 0 amide bonds. The van der Waals surface area contributed by atoms with Crippen molar-refractivity contribution in [2.45, 2.75) is 77.0 Å². The van der Waals surface area contributed by atoms with E-state index in [0.717, 1.165) is 25.7 Å². The molecule has 2 rings (SSSR count). The van der Waals surface area contributed by atoms with Crippen LogP contribution in [0.5, 0.6) is 0 Å². The van der Waals surface area contributed by atoms with Gasteiger partial charge in [0, 0.05) is 6.42 Å². The van der Waals surface area contributed by atoms with Gasteiger partial charge >= 0.3 is 0 Å². The Balaban J connectivity index is 2.05. The van der Waals surface area contributed by atoms with Crippen molar-refractivity contribution >= 4 is 0 Å². The maximum Gasteiger partial charge on any atom is 0.167 e. The van der Waals surface area contributed by atoms with E-state index in [0.29, 0.717) is 5.92 Å². The van der Waals surface area contributed by atoms with Crippen molar-refractivity contribution in [3.8, 4) is 0 Å². The summed E-state index contributed by atoms with van der Waals surface area (Å²) in [6, 6.07) is 0. The van der Waals surface area contributed by atoms with E-state index in [-0.39, 0.29) is 17.8 Å². The van der Waals surface area contributed by atoms with Crippen LogP contribution in [0.1, 0.15) is 53.4 Å². The van der Waals surface area contributed by atoms with Gasteiger partial charge < -0.3 is 14.6 Å². The van der Waals surface area contributed by atoms with Crippen LogP contribution >= 0.6 is 0 Å². The molecule has 0 aromatic carbocycles. The molecule has 0 aromatic heterocycles. The predicted octanol–water partition coefficient (Wildman–Crippen LogP) is 2.47. The van der Waals surface area contributed by atoms with Gasteiger partial charge in [-0.2, -0.15) is 0 Å². The summed E-state index contributed by atoms with van der Waals surface area (Å²) in [7, 11) is 0. The van der Waals surface area contributed by atoms with Gasteiger partial charge in [-0.15, -0.1) is 0 Å². The Morgan fingerprint density at radius 2 is 2.00 bits per heavy atom. The first kappa shape index (κ1) is 12.3. The smallest absolute Gasteiger partial charge is 0.167 e. The van der Waals surface area contributed by atoms with Gasteiger partial charge in [-0.25, -0.2) is 0 Å². The van der Waals surface area contributed by atoms with E-state index in [1.807, 2.05) is 27.7 Å². The van der Waals surface area contributed by atoms with Crippen LogP contribution in [0.3, 0.4) is 0 Å². The van der Waals surface area contributed by atoms with Crippen molar-refractivity contribution in [2.24, 2.45) is 5.92 Å². The molecule has 2 fully saturated rings. The molecule has 3 nitrogen and oxygen atoms in total. The lowest BCUT2D eigenvalue weighted by Gasteiger charge is -2.34. The highest BCUT2D eigenvalue weighted by Gasteiger charge is 2.49. The highest BCUT2D eigenvalue weighted by molar-refractivity contribution is 4.93. The zero-order valence-corrected chi connectivity index (χ0v) is 10.8. The number of hydrogen-bond acceptors (Lipinski definition) is 3. The van der Waals surface area contributed by atoms with Crippen molar-refractivity contribution in [3.05, 3.63) is 0 Å². The average molecular weight is 228 g/mol. The molecule has 1 heterocycles. The zero-order valence-electron chi connectivity index (χ0n) is 10.8. The number of rotatable bonds is 1. The second-order valence-electron chi connectivity index (χ2n) is 6.39. The van der Waals surface area contributed by atoms with Gasteiger partial charge in [0.25, 0.3) is 0 Å². The Morgan fingerprint density at radius 1 is 1.31 bits per heavy atom. The molecular formula is C13H24O3. The third-order valence-corrected chi connectivity index (χ3v) is 3.46. The van der Waals surface area contributed by atoms with E-state index in [1.54, 1.807) is 0 Å². The minimum atomic E-state index is -0.515. The Bertz CT molecular complexity index is 258. The van der Waals surface area contributed by atoms with Gasteiger partial charge in [0.2, 0.25) is 0 Å². The van der Waals surface area contributed by atoms with Crippen LogP contribution in [0.25, 0.3) is 0 Å². The average Bonchev–Trinajstić information content (AvgIpc) is 2.39. The second-order valence-corrected chi connectivity index (χ2v) is 6.39. The first-order valence-corrected chi connectivity index (χ1v) is 6.35. The molecule has 4 atom stereocenters. The van der Waals surface area contributed by atoms with Crippen molar-refractivity contribution in [1.29, 1.82) is 0 Å². The molecule has 0 spiro atoms. The van der Waals surface area contributed by atoms with E-state index in [4.69, 9.17) is 9.47 Å². The minimum Gasteiger partial charge on any atom is -0.390 e. The van der Waals surface area contributed by atoms with Crippen LogP contribution in [0, 0.1) is 5.92 Å². The van der Waals surface area contributed by atoms with Gasteiger partial charge in [0.05, 0.1) is 17.8 Å². The number of fused-ring (bicyclic) bond motifs is 1. The maximum atomic E-state index is 9.93. The number of ether oxygens (including phenoxy) is 2. The van der Waals surface area contributed by atoms with Crippen molar-refractivity contribution in [3.63, 3.8) is 0 Å². The quantitative estimate of drug-likeness (QED) is 0.749. The Kier molecular flexibility index (Phi) is 3.06. The lowest BCUT2D eigenvalue weighted by molar-refractivity contribution is -0.267. The second kappa shape index (κ2) is 3.97. The van der Waals surface area contributed by atoms with Crippen LogP contribution in [-0.4, -0.2) is 28.7 Å². The minimum absolute atomic E-state index is 0.0129. The number of aliphatic hydroxyl groups excluding tert-OH is 1. The Labute approximate surface area is 98.1 Å². The van der Waals surface area contributed by atoms with Gasteiger partial charge in [0.15, 0.2) is 5.79 Å². The summed E-state index contributed by atoms with van der Waals surface area (Å²) in [5.41, 5.74) is -0.201. The fourth-order valence-electron chi connectivity index (χ4n) is 3.15. The molecule has 1 saturated heterocycles. The fraction of sp³-hybridized carbons (Fsp3) is 1.00. The molecule has 3 heteroatoms. The summed E-state index contributed by atoms with van der Waals surface area (Å²) in [4.78, 5) is 0. The molecule has 0 aromatic rings. The summed E-state index contributed by atoms with van der Waals surface area (Å²) >= 11 is 0. The molecule has 1 aliphatic carbocycles. The molecule has 0 radical (unpaired) electrons. The molecule has 1 N–H and O–H groups in total. The van der Waals surface area contributed by atoms with Crippen LogP contribution in [-0.2, 0) is 9.47 Å². The van der Waals surface area contributed by atoms with E-state index >= 15 is 0 Å². The fourth-order valence-corrected chi connectivity index (χ4v) is 3.15. The monoisotopic (exact) mass is 228 g/mol. The Hall–Kier alpha value is -0.120. The molecule has 1 saturated carbocycles. The summed E-state index contributed by atoms with van der Waals surface area (Å²) in [6.45, 7) is 8.13. The molecule has 94 valence electrons. The molecule has 1 aliphatic heterocycles. The molecular weight excluding hydrogens is 204 g/mol. The number of aliphatic hydroxyl groups is 1. The lowest BCUT2D eigenvalue weighted by atomic mass is 9.83. The third kappa shape index (κ3) is 2.58. The van der Waals surface area contributed by atoms with E-state index in [1.165, 1.54) is 0 Å². The number of hydrogen-bond donors (Lipinski definition) is 1. The lowest BCUT2D eigenvalue weighted by Crippen LogP contribution is -2.39. The van der Waals surface area contributed by atoms with Gasteiger partial charge in [-0.1, -0.05) is 6.42 Å². The molecule has 16 heavy (non-hydrogen) atoms. The Morgan fingerprint density at radius 3 is 2.56 bits per heavy atom. The van der Waals surface area contributed by atoms with Gasteiger partial charge in [-0.05, 0) is 46.5 Å². The first-order chi connectivity index (χ1) is 7.29. The highest BCUT2D eigenvalue weighted by atomic mass is 16.7. The highest BCUT2D eigenvalue weighted by Crippen LogP contribution is 2.44. The molecule has 2 aliphatic rings. The summed E-state index contributed by atoms with van der Waals surface area (Å²) < 4.78 is 12.0. The summed E-state index contributed by atoms with van der Waals surface area (Å²) in [5, 5.41) is 9.93. The normalized spacial score (nSPS) is 44.4. The topological polar surface area (TPSA) is 38.7 Å². The van der Waals surface area contributed by atoms with Crippen LogP contribution in [0.4, 0.5) is 0 Å². The first-order valence-electron chi connectivity index (χ1n) is 6.35. The van der Waals surface area contributed by atoms with Crippen LogP contribution < -0.4 is 0 Å². The molecule has 0 bridgehead atoms. The maximum absolute atomic E-state index is 9.93. The van der Waals surface area contributed by atoms with Crippen molar-refractivity contribution in [1.82, 2.24) is 0 Å². The van der Waals surface area contributed by atoms with Crippen LogP contribution in [0.2, 0.25) is 0 Å². The van der Waals surface area contributed by atoms with E-state index < -0.39 is 5.79 Å².